The lowest BCUT2D eigenvalue weighted by atomic mass is 10.1. The molecule has 0 saturated heterocycles. The van der Waals surface area contributed by atoms with Crippen LogP contribution >= 0.6 is 11.6 Å². The normalized spacial score (nSPS) is 10.3. The summed E-state index contributed by atoms with van der Waals surface area (Å²) in [6.07, 6.45) is 0. The van der Waals surface area contributed by atoms with Gasteiger partial charge in [-0.25, -0.2) is 0 Å². The molecule has 1 aromatic heterocycles. The number of nitrogens with zero attached hydrogens (tertiary/aromatic N) is 2. The number of rotatable bonds is 3. The standard InChI is InChI=1S/C11H7ClN2O4/c1-6-10(14(16)17)9(13-18-6)11(15)7-2-4-8(12)5-3-7/h2-5H,1H3. The zero-order chi connectivity index (χ0) is 13.3. The van der Waals surface area contributed by atoms with E-state index in [1.165, 1.54) is 31.2 Å². The molecule has 0 fully saturated rings. The van der Waals surface area contributed by atoms with E-state index in [-0.39, 0.29) is 17.0 Å². The minimum Gasteiger partial charge on any atom is -0.353 e. The average Bonchev–Trinajstić information content (AvgIpc) is 2.71. The Labute approximate surface area is 106 Å². The van der Waals surface area contributed by atoms with Gasteiger partial charge in [-0.3, -0.25) is 14.9 Å². The van der Waals surface area contributed by atoms with E-state index in [1.807, 2.05) is 0 Å². The van der Waals surface area contributed by atoms with Gasteiger partial charge in [0.05, 0.1) is 4.92 Å². The molecule has 1 aromatic carbocycles. The van der Waals surface area contributed by atoms with E-state index in [2.05, 4.69) is 9.68 Å². The summed E-state index contributed by atoms with van der Waals surface area (Å²) in [7, 11) is 0. The third-order valence-corrected chi connectivity index (χ3v) is 2.59. The van der Waals surface area contributed by atoms with Crippen LogP contribution in [0.2, 0.25) is 5.02 Å². The lowest BCUT2D eigenvalue weighted by Gasteiger charge is -1.97. The van der Waals surface area contributed by atoms with E-state index >= 15 is 0 Å². The third kappa shape index (κ3) is 2.10. The van der Waals surface area contributed by atoms with E-state index in [4.69, 9.17) is 11.6 Å². The number of ketones is 1. The number of hydrogen-bond acceptors (Lipinski definition) is 5. The van der Waals surface area contributed by atoms with Crippen LogP contribution in [-0.2, 0) is 0 Å². The lowest BCUT2D eigenvalue weighted by molar-refractivity contribution is -0.386. The van der Waals surface area contributed by atoms with Gasteiger partial charge < -0.3 is 4.52 Å². The fraction of sp³-hybridized carbons (Fsp3) is 0.0909. The monoisotopic (exact) mass is 266 g/mol. The van der Waals surface area contributed by atoms with Crippen LogP contribution in [-0.4, -0.2) is 15.9 Å². The molecule has 6 nitrogen and oxygen atoms in total. The first-order valence-corrected chi connectivity index (χ1v) is 5.29. The molecule has 1 heterocycles. The molecule has 0 saturated carbocycles. The Morgan fingerprint density at radius 2 is 2.00 bits per heavy atom. The number of nitro groups is 1. The third-order valence-electron chi connectivity index (χ3n) is 2.34. The molecule has 0 unspecified atom stereocenters. The highest BCUT2D eigenvalue weighted by Crippen LogP contribution is 2.25. The number of carbonyl (C=O) groups is 1. The maximum Gasteiger partial charge on any atom is 0.342 e. The summed E-state index contributed by atoms with van der Waals surface area (Å²) in [4.78, 5) is 22.2. The maximum atomic E-state index is 12.0. The van der Waals surface area contributed by atoms with E-state index in [0.717, 1.165) is 0 Å². The Morgan fingerprint density at radius 3 is 2.56 bits per heavy atom. The first kappa shape index (κ1) is 12.3. The Kier molecular flexibility index (Phi) is 3.12. The van der Waals surface area contributed by atoms with Gasteiger partial charge in [-0.05, 0) is 24.3 Å². The largest absolute Gasteiger partial charge is 0.353 e. The van der Waals surface area contributed by atoms with Crippen molar-refractivity contribution in [3.63, 3.8) is 0 Å². The summed E-state index contributed by atoms with van der Waals surface area (Å²) >= 11 is 5.69. The van der Waals surface area contributed by atoms with Crippen molar-refractivity contribution in [3.8, 4) is 0 Å². The number of hydrogen-bond donors (Lipinski definition) is 0. The van der Waals surface area contributed by atoms with Gasteiger partial charge in [0.25, 0.3) is 0 Å². The summed E-state index contributed by atoms with van der Waals surface area (Å²) in [5, 5.41) is 14.7. The summed E-state index contributed by atoms with van der Waals surface area (Å²) < 4.78 is 4.68. The molecule has 7 heteroatoms. The van der Waals surface area contributed by atoms with E-state index in [0.29, 0.717) is 5.02 Å². The second-order valence-electron chi connectivity index (χ2n) is 3.53. The van der Waals surface area contributed by atoms with Gasteiger partial charge in [0.15, 0.2) is 0 Å². The summed E-state index contributed by atoms with van der Waals surface area (Å²) in [6.45, 7) is 1.38. The van der Waals surface area contributed by atoms with Crippen LogP contribution in [0, 0.1) is 17.0 Å². The van der Waals surface area contributed by atoms with Gasteiger partial charge >= 0.3 is 5.69 Å². The van der Waals surface area contributed by atoms with Crippen LogP contribution in [0.15, 0.2) is 28.8 Å². The first-order valence-electron chi connectivity index (χ1n) is 4.91. The fourth-order valence-corrected chi connectivity index (χ4v) is 1.60. The molecule has 18 heavy (non-hydrogen) atoms. The van der Waals surface area contributed by atoms with Gasteiger partial charge in [0, 0.05) is 17.5 Å². The molecule has 0 aliphatic rings. The Bertz CT molecular complexity index is 618. The molecule has 0 amide bonds. The zero-order valence-electron chi connectivity index (χ0n) is 9.21. The molecule has 0 aliphatic carbocycles. The highest BCUT2D eigenvalue weighted by atomic mass is 35.5. The molecule has 0 bridgehead atoms. The van der Waals surface area contributed by atoms with Gasteiger partial charge in [0.1, 0.15) is 0 Å². The van der Waals surface area contributed by atoms with Crippen LogP contribution in [0.5, 0.6) is 0 Å². The van der Waals surface area contributed by atoms with Crippen LogP contribution < -0.4 is 0 Å². The van der Waals surface area contributed by atoms with Crippen molar-refractivity contribution in [1.82, 2.24) is 5.16 Å². The smallest absolute Gasteiger partial charge is 0.342 e. The molecule has 0 radical (unpaired) electrons. The number of halogens is 1. The second-order valence-corrected chi connectivity index (χ2v) is 3.97. The molecular formula is C11H7ClN2O4. The second kappa shape index (κ2) is 4.58. The molecule has 2 rings (SSSR count). The quantitative estimate of drug-likeness (QED) is 0.484. The average molecular weight is 267 g/mol. The van der Waals surface area contributed by atoms with Crippen molar-refractivity contribution >= 4 is 23.1 Å². The maximum absolute atomic E-state index is 12.0. The number of benzene rings is 1. The van der Waals surface area contributed by atoms with Crippen LogP contribution in [0.25, 0.3) is 0 Å². The van der Waals surface area contributed by atoms with Gasteiger partial charge in [-0.2, -0.15) is 0 Å². The lowest BCUT2D eigenvalue weighted by Crippen LogP contribution is -2.05. The molecule has 0 aliphatic heterocycles. The Balaban J connectivity index is 2.46. The number of carbonyl (C=O) groups excluding carboxylic acids is 1. The van der Waals surface area contributed by atoms with Crippen molar-refractivity contribution in [2.24, 2.45) is 0 Å². The van der Waals surface area contributed by atoms with Gasteiger partial charge in [-0.1, -0.05) is 16.8 Å². The molecule has 0 atom stereocenters. The summed E-state index contributed by atoms with van der Waals surface area (Å²) in [5.41, 5.74) is -0.453. The molecule has 92 valence electrons. The van der Waals surface area contributed by atoms with Crippen molar-refractivity contribution in [1.29, 1.82) is 0 Å². The highest BCUT2D eigenvalue weighted by Gasteiger charge is 2.29. The van der Waals surface area contributed by atoms with Crippen molar-refractivity contribution in [2.45, 2.75) is 6.92 Å². The van der Waals surface area contributed by atoms with Crippen LogP contribution in [0.3, 0.4) is 0 Å². The molecule has 0 N–H and O–H groups in total. The fourth-order valence-electron chi connectivity index (χ4n) is 1.47. The van der Waals surface area contributed by atoms with E-state index < -0.39 is 16.4 Å². The summed E-state index contributed by atoms with van der Waals surface area (Å²) in [5.74, 6) is -0.576. The topological polar surface area (TPSA) is 86.2 Å². The van der Waals surface area contributed by atoms with E-state index in [1.54, 1.807) is 0 Å². The molecular weight excluding hydrogens is 260 g/mol. The highest BCUT2D eigenvalue weighted by molar-refractivity contribution is 6.30. The first-order chi connectivity index (χ1) is 8.50. The zero-order valence-corrected chi connectivity index (χ0v) is 9.97. The SMILES string of the molecule is Cc1onc(C(=O)c2ccc(Cl)cc2)c1[N+](=O)[O-]. The van der Waals surface area contributed by atoms with Crippen LogP contribution in [0.4, 0.5) is 5.69 Å². The number of aromatic nitrogens is 1. The molecule has 0 spiro atoms. The van der Waals surface area contributed by atoms with Gasteiger partial charge in [0.2, 0.25) is 17.2 Å². The number of aryl methyl sites for hydroxylation is 1. The van der Waals surface area contributed by atoms with Crippen LogP contribution in [0.1, 0.15) is 21.8 Å². The minimum atomic E-state index is -0.686. The minimum absolute atomic E-state index is 0.00249. The summed E-state index contributed by atoms with van der Waals surface area (Å²) in [6, 6.07) is 5.98. The van der Waals surface area contributed by atoms with Gasteiger partial charge in [-0.15, -0.1) is 0 Å². The van der Waals surface area contributed by atoms with Crippen molar-refractivity contribution in [2.75, 3.05) is 0 Å². The van der Waals surface area contributed by atoms with Crippen molar-refractivity contribution in [3.05, 3.63) is 56.4 Å². The van der Waals surface area contributed by atoms with Crippen molar-refractivity contribution < 1.29 is 14.2 Å². The molecule has 2 aromatic rings. The predicted octanol–water partition coefficient (Wildman–Crippen LogP) is 2.78. The Hall–Kier alpha value is -2.21. The van der Waals surface area contributed by atoms with E-state index in [9.17, 15) is 14.9 Å². The predicted molar refractivity (Wildman–Crippen MR) is 62.8 cm³/mol. The Morgan fingerprint density at radius 1 is 1.39 bits per heavy atom.